The molecule has 0 aromatic heterocycles. The van der Waals surface area contributed by atoms with E-state index in [-0.39, 0.29) is 43.1 Å². The van der Waals surface area contributed by atoms with E-state index < -0.39 is 5.41 Å². The van der Waals surface area contributed by atoms with Crippen molar-refractivity contribution in [3.63, 3.8) is 0 Å². The van der Waals surface area contributed by atoms with Crippen LogP contribution in [0.15, 0.2) is 24.3 Å². The van der Waals surface area contributed by atoms with Crippen LogP contribution in [-0.2, 0) is 24.5 Å². The first kappa shape index (κ1) is 23.3. The van der Waals surface area contributed by atoms with E-state index in [4.69, 9.17) is 9.47 Å². The topological polar surface area (TPSA) is 76.2 Å². The van der Waals surface area contributed by atoms with Crippen LogP contribution < -0.4 is 4.74 Å². The van der Waals surface area contributed by atoms with Gasteiger partial charge in [0.2, 0.25) is 17.7 Å². The molecule has 3 rings (SSSR count). The molecule has 1 aromatic carbocycles. The first-order chi connectivity index (χ1) is 15.0. The van der Waals surface area contributed by atoms with Gasteiger partial charge in [-0.2, -0.15) is 0 Å². The Balaban J connectivity index is 1.97. The second-order valence-electron chi connectivity index (χ2n) is 8.48. The van der Waals surface area contributed by atoms with Gasteiger partial charge < -0.3 is 14.4 Å². The van der Waals surface area contributed by atoms with Crippen molar-refractivity contribution in [2.45, 2.75) is 63.3 Å². The molecule has 2 aliphatic rings. The maximum Gasteiger partial charge on any atom is 0.241 e. The number of hydrogen-bond donors (Lipinski definition) is 0. The fourth-order valence-corrected chi connectivity index (χ4v) is 4.99. The monoisotopic (exact) mass is 430 g/mol. The Morgan fingerprint density at radius 2 is 1.97 bits per heavy atom. The maximum atomic E-state index is 13.7. The van der Waals surface area contributed by atoms with E-state index in [9.17, 15) is 14.4 Å². The molecule has 2 fully saturated rings. The summed E-state index contributed by atoms with van der Waals surface area (Å²) in [5.41, 5.74) is -0.618. The molecule has 0 spiro atoms. The summed E-state index contributed by atoms with van der Waals surface area (Å²) in [4.78, 5) is 43.4. The lowest BCUT2D eigenvalue weighted by molar-refractivity contribution is -0.144. The van der Waals surface area contributed by atoms with Gasteiger partial charge in [0, 0.05) is 51.3 Å². The average molecular weight is 431 g/mol. The Morgan fingerprint density at radius 3 is 2.68 bits per heavy atom. The lowest BCUT2D eigenvalue weighted by atomic mass is 9.75. The van der Waals surface area contributed by atoms with Crippen molar-refractivity contribution in [3.05, 3.63) is 29.8 Å². The van der Waals surface area contributed by atoms with Crippen LogP contribution in [-0.4, -0.2) is 67.5 Å². The first-order valence-electron chi connectivity index (χ1n) is 11.2. The van der Waals surface area contributed by atoms with Crippen molar-refractivity contribution >= 4 is 17.7 Å². The van der Waals surface area contributed by atoms with E-state index in [0.717, 1.165) is 25.7 Å². The normalized spacial score (nSPS) is 24.0. The number of piperidine rings is 1. The third kappa shape index (κ3) is 4.61. The fraction of sp³-hybridized carbons (Fsp3) is 0.625. The standard InChI is InChI=1S/C24H34N2O5/c1-4-18-10-7-8-13-25(18)21(27)16-24(19-11-5-6-12-20(19)31-3)17-22(28)26(23(24)29)14-9-15-30-2/h5-6,11-12,18H,4,7-10,13-17H2,1-3H3/t18-,24-/m1/s1. The summed E-state index contributed by atoms with van der Waals surface area (Å²) in [6.45, 7) is 3.55. The molecule has 0 bridgehead atoms. The number of carbonyl (C=O) groups is 3. The van der Waals surface area contributed by atoms with Crippen molar-refractivity contribution in [3.8, 4) is 5.75 Å². The molecule has 3 amide bonds. The maximum absolute atomic E-state index is 13.7. The second-order valence-corrected chi connectivity index (χ2v) is 8.48. The van der Waals surface area contributed by atoms with Crippen LogP contribution in [0.5, 0.6) is 5.75 Å². The minimum Gasteiger partial charge on any atom is -0.496 e. The lowest BCUT2D eigenvalue weighted by Gasteiger charge is -2.38. The highest BCUT2D eigenvalue weighted by molar-refractivity contribution is 6.11. The summed E-state index contributed by atoms with van der Waals surface area (Å²) < 4.78 is 10.6. The molecule has 31 heavy (non-hydrogen) atoms. The summed E-state index contributed by atoms with van der Waals surface area (Å²) in [5.74, 6) is -0.0831. The molecule has 2 heterocycles. The van der Waals surface area contributed by atoms with E-state index in [1.165, 1.54) is 4.90 Å². The van der Waals surface area contributed by atoms with Crippen molar-refractivity contribution in [1.29, 1.82) is 0 Å². The minimum absolute atomic E-state index is 0.0183. The zero-order valence-corrected chi connectivity index (χ0v) is 18.9. The van der Waals surface area contributed by atoms with Crippen molar-refractivity contribution in [2.75, 3.05) is 33.9 Å². The Hall–Kier alpha value is -2.41. The van der Waals surface area contributed by atoms with Gasteiger partial charge in [-0.05, 0) is 38.2 Å². The Bertz CT molecular complexity index is 811. The van der Waals surface area contributed by atoms with Gasteiger partial charge in [0.15, 0.2) is 0 Å². The van der Waals surface area contributed by atoms with Crippen LogP contribution in [0.25, 0.3) is 0 Å². The third-order valence-electron chi connectivity index (χ3n) is 6.63. The average Bonchev–Trinajstić information content (AvgIpc) is 3.03. The number of nitrogens with zero attached hydrogens (tertiary/aromatic N) is 2. The highest BCUT2D eigenvalue weighted by atomic mass is 16.5. The third-order valence-corrected chi connectivity index (χ3v) is 6.63. The molecular weight excluding hydrogens is 396 g/mol. The summed E-state index contributed by atoms with van der Waals surface area (Å²) in [6.07, 6.45) is 4.49. The van der Waals surface area contributed by atoms with E-state index >= 15 is 0 Å². The van der Waals surface area contributed by atoms with Crippen molar-refractivity contribution < 1.29 is 23.9 Å². The van der Waals surface area contributed by atoms with Crippen LogP contribution >= 0.6 is 0 Å². The van der Waals surface area contributed by atoms with Crippen molar-refractivity contribution in [1.82, 2.24) is 9.80 Å². The summed E-state index contributed by atoms with van der Waals surface area (Å²) in [5, 5.41) is 0. The number of likely N-dealkylation sites (tertiary alicyclic amines) is 2. The van der Waals surface area contributed by atoms with Gasteiger partial charge in [-0.3, -0.25) is 19.3 Å². The number of imide groups is 1. The molecule has 170 valence electrons. The van der Waals surface area contributed by atoms with E-state index in [0.29, 0.717) is 30.9 Å². The minimum atomic E-state index is -1.23. The highest BCUT2D eigenvalue weighted by Gasteiger charge is 2.55. The van der Waals surface area contributed by atoms with Crippen LogP contribution in [0.1, 0.15) is 57.4 Å². The van der Waals surface area contributed by atoms with E-state index in [2.05, 4.69) is 6.92 Å². The van der Waals surface area contributed by atoms with Crippen molar-refractivity contribution in [2.24, 2.45) is 0 Å². The van der Waals surface area contributed by atoms with Gasteiger partial charge >= 0.3 is 0 Å². The molecule has 0 N–H and O–H groups in total. The number of para-hydroxylation sites is 1. The Kier molecular flexibility index (Phi) is 7.70. The molecule has 7 nitrogen and oxygen atoms in total. The van der Waals surface area contributed by atoms with Gasteiger partial charge in [0.1, 0.15) is 5.75 Å². The number of ether oxygens (including phenoxy) is 2. The molecule has 0 radical (unpaired) electrons. The molecule has 2 saturated heterocycles. The van der Waals surface area contributed by atoms with E-state index in [1.54, 1.807) is 20.3 Å². The van der Waals surface area contributed by atoms with Gasteiger partial charge in [0.05, 0.1) is 12.5 Å². The number of amides is 3. The number of carbonyl (C=O) groups excluding carboxylic acids is 3. The summed E-state index contributed by atoms with van der Waals surface area (Å²) in [7, 11) is 3.14. The van der Waals surface area contributed by atoms with E-state index in [1.807, 2.05) is 23.1 Å². The lowest BCUT2D eigenvalue weighted by Crippen LogP contribution is -2.48. The molecule has 2 aliphatic heterocycles. The predicted molar refractivity (Wildman–Crippen MR) is 117 cm³/mol. The fourth-order valence-electron chi connectivity index (χ4n) is 4.99. The van der Waals surface area contributed by atoms with Crippen LogP contribution in [0.3, 0.4) is 0 Å². The number of hydrogen-bond acceptors (Lipinski definition) is 5. The molecule has 0 unspecified atom stereocenters. The Labute approximate surface area is 184 Å². The molecule has 1 aromatic rings. The van der Waals surface area contributed by atoms with Gasteiger partial charge in [0.25, 0.3) is 0 Å². The SMILES string of the molecule is CC[C@@H]1CCCCN1C(=O)C[C@]1(c2ccccc2OC)CC(=O)N(CCCOC)C1=O. The largest absolute Gasteiger partial charge is 0.496 e. The molecule has 0 aliphatic carbocycles. The van der Waals surface area contributed by atoms with Gasteiger partial charge in [-0.1, -0.05) is 25.1 Å². The quantitative estimate of drug-likeness (QED) is 0.445. The Morgan fingerprint density at radius 1 is 1.19 bits per heavy atom. The zero-order valence-electron chi connectivity index (χ0n) is 18.9. The van der Waals surface area contributed by atoms with Crippen LogP contribution in [0.4, 0.5) is 0 Å². The molecule has 2 atom stereocenters. The number of benzene rings is 1. The summed E-state index contributed by atoms with van der Waals surface area (Å²) >= 11 is 0. The second kappa shape index (κ2) is 10.3. The first-order valence-corrected chi connectivity index (χ1v) is 11.2. The molecule has 7 heteroatoms. The zero-order chi connectivity index (χ0) is 22.4. The van der Waals surface area contributed by atoms with Crippen LogP contribution in [0.2, 0.25) is 0 Å². The van der Waals surface area contributed by atoms with Gasteiger partial charge in [-0.15, -0.1) is 0 Å². The summed E-state index contributed by atoms with van der Waals surface area (Å²) in [6, 6.07) is 7.44. The predicted octanol–water partition coefficient (Wildman–Crippen LogP) is 2.91. The molecular formula is C24H34N2O5. The number of methoxy groups -OCH3 is 2. The highest BCUT2D eigenvalue weighted by Crippen LogP contribution is 2.44. The smallest absolute Gasteiger partial charge is 0.241 e. The molecule has 0 saturated carbocycles. The van der Waals surface area contributed by atoms with Gasteiger partial charge in [-0.25, -0.2) is 0 Å². The van der Waals surface area contributed by atoms with Crippen LogP contribution in [0, 0.1) is 0 Å². The number of rotatable bonds is 9.